The Hall–Kier alpha value is -3.93. The zero-order valence-corrected chi connectivity index (χ0v) is 25.2. The first-order valence-corrected chi connectivity index (χ1v) is 14.9. The number of aliphatic hydroxyl groups excluding tert-OH is 1. The van der Waals surface area contributed by atoms with Crippen molar-refractivity contribution < 1.29 is 43.9 Å². The Morgan fingerprint density at radius 1 is 1.16 bits per heavy atom. The lowest BCUT2D eigenvalue weighted by atomic mass is 9.50. The van der Waals surface area contributed by atoms with E-state index in [1.165, 1.54) is 0 Å². The number of phenols is 1. The van der Waals surface area contributed by atoms with Gasteiger partial charge in [0, 0.05) is 18.0 Å². The third kappa shape index (κ3) is 5.26. The SMILES string of the molecule is C.CN1CC[C@]23c4c5ccc(O)c4O[C@H]2C(OC(=O)C[C@H](NC(=O)[C@@H](O)c2ccccc2)C(=O)OC(C)(C)C)=CC[C@@]3(O)[C@H]1C5. The Kier molecular flexibility index (Phi) is 8.26. The minimum atomic E-state index is -1.58. The van der Waals surface area contributed by atoms with Crippen molar-refractivity contribution in [1.29, 1.82) is 0 Å². The molecular formula is C34H42N2O9. The van der Waals surface area contributed by atoms with Crippen LogP contribution in [-0.4, -0.2) is 81.0 Å². The van der Waals surface area contributed by atoms with E-state index in [0.717, 1.165) is 11.1 Å². The minimum Gasteiger partial charge on any atom is -0.504 e. The van der Waals surface area contributed by atoms with E-state index < -0.39 is 59.1 Å². The Labute approximate surface area is 262 Å². The topological polar surface area (TPSA) is 155 Å². The van der Waals surface area contributed by atoms with Crippen LogP contribution in [0.25, 0.3) is 0 Å². The summed E-state index contributed by atoms with van der Waals surface area (Å²) in [5.41, 5.74) is -1.04. The lowest BCUT2D eigenvalue weighted by Gasteiger charge is -2.61. The Morgan fingerprint density at radius 2 is 1.87 bits per heavy atom. The maximum atomic E-state index is 13.4. The van der Waals surface area contributed by atoms with Gasteiger partial charge >= 0.3 is 11.9 Å². The van der Waals surface area contributed by atoms with E-state index >= 15 is 0 Å². The molecule has 4 N–H and O–H groups in total. The standard InChI is InChI=1S/C33H38N2O9.CH4/c1-31(2,3)44-30(40)20(34-29(39)26(38)18-8-6-5-7-9-18)17-24(37)42-22-12-13-33(41)23-16-19-10-11-21(36)27-25(19)32(33,28(22)43-27)14-15-35(23)4;/h5-12,20,23,26,28,36,38,41H,13-17H2,1-4H3,(H,34,39);1H4/t20-,23+,26-,28-,32-,33+;/m0./s1. The second-order valence-corrected chi connectivity index (χ2v) is 13.2. The number of amides is 1. The maximum Gasteiger partial charge on any atom is 0.329 e. The number of ether oxygens (including phenoxy) is 3. The molecule has 1 spiro atoms. The molecule has 0 saturated carbocycles. The smallest absolute Gasteiger partial charge is 0.329 e. The molecular weight excluding hydrogens is 580 g/mol. The van der Waals surface area contributed by atoms with Gasteiger partial charge in [-0.3, -0.25) is 9.59 Å². The van der Waals surface area contributed by atoms with Gasteiger partial charge in [-0.2, -0.15) is 0 Å². The summed E-state index contributed by atoms with van der Waals surface area (Å²) in [6.45, 7) is 5.64. The summed E-state index contributed by atoms with van der Waals surface area (Å²) < 4.78 is 17.6. The predicted molar refractivity (Wildman–Crippen MR) is 163 cm³/mol. The number of aromatic hydroxyl groups is 1. The predicted octanol–water partition coefficient (Wildman–Crippen LogP) is 2.80. The molecule has 0 radical (unpaired) electrons. The number of hydrogen-bond acceptors (Lipinski definition) is 10. The molecule has 1 amide bonds. The Bertz CT molecular complexity index is 1530. The van der Waals surface area contributed by atoms with Crippen LogP contribution < -0.4 is 10.1 Å². The van der Waals surface area contributed by atoms with Crippen molar-refractivity contribution in [3.8, 4) is 11.5 Å². The fourth-order valence-corrected chi connectivity index (χ4v) is 7.38. The molecule has 1 fully saturated rings. The fourth-order valence-electron chi connectivity index (χ4n) is 7.38. The van der Waals surface area contributed by atoms with E-state index in [0.29, 0.717) is 24.9 Å². The molecule has 11 heteroatoms. The van der Waals surface area contributed by atoms with E-state index in [2.05, 4.69) is 10.2 Å². The number of rotatable bonds is 7. The molecule has 2 bridgehead atoms. The lowest BCUT2D eigenvalue weighted by Crippen LogP contribution is -2.74. The van der Waals surface area contributed by atoms with Crippen LogP contribution in [-0.2, 0) is 35.7 Å². The fraction of sp³-hybridized carbons (Fsp3) is 0.500. The summed E-state index contributed by atoms with van der Waals surface area (Å²) in [5, 5.41) is 36.0. The molecule has 4 aliphatic rings. The lowest BCUT2D eigenvalue weighted by molar-refractivity contribution is -0.170. The van der Waals surface area contributed by atoms with Crippen molar-refractivity contribution in [2.24, 2.45) is 0 Å². The quantitative estimate of drug-likeness (QED) is 0.339. The number of piperidine rings is 1. The number of benzene rings is 2. The summed E-state index contributed by atoms with van der Waals surface area (Å²) in [7, 11) is 1.98. The second-order valence-electron chi connectivity index (χ2n) is 13.2. The first kappa shape index (κ1) is 32.5. The number of phenolic OH excluding ortho intramolecular Hbond substituents is 1. The van der Waals surface area contributed by atoms with Crippen LogP contribution in [0.3, 0.4) is 0 Å². The number of hydrogen-bond donors (Lipinski definition) is 4. The van der Waals surface area contributed by atoms with Crippen LogP contribution in [0.4, 0.5) is 0 Å². The first-order chi connectivity index (χ1) is 20.7. The molecule has 2 aromatic rings. The van der Waals surface area contributed by atoms with Gasteiger partial charge in [0.05, 0.1) is 17.4 Å². The van der Waals surface area contributed by atoms with Crippen molar-refractivity contribution >= 4 is 17.8 Å². The molecule has 0 unspecified atom stereocenters. The van der Waals surface area contributed by atoms with Crippen molar-refractivity contribution in [3.63, 3.8) is 0 Å². The van der Waals surface area contributed by atoms with E-state index in [4.69, 9.17) is 14.2 Å². The number of carbonyl (C=O) groups is 3. The van der Waals surface area contributed by atoms with E-state index in [-0.39, 0.29) is 37.1 Å². The van der Waals surface area contributed by atoms with Gasteiger partial charge < -0.3 is 39.7 Å². The number of likely N-dealkylation sites (tertiary alicyclic amines) is 1. The molecule has 2 aliphatic carbocycles. The second kappa shape index (κ2) is 11.5. The largest absolute Gasteiger partial charge is 0.504 e. The van der Waals surface area contributed by atoms with E-state index in [1.54, 1.807) is 63.2 Å². The van der Waals surface area contributed by atoms with Gasteiger partial charge in [0.2, 0.25) is 0 Å². The Balaban J connectivity index is 0.00000400. The van der Waals surface area contributed by atoms with E-state index in [1.807, 2.05) is 13.1 Å². The molecule has 2 aromatic carbocycles. The number of likely N-dealkylation sites (N-methyl/N-ethyl adjacent to an activating group) is 1. The Morgan fingerprint density at radius 3 is 2.56 bits per heavy atom. The van der Waals surface area contributed by atoms with Crippen molar-refractivity contribution in [2.45, 2.75) is 94.8 Å². The van der Waals surface area contributed by atoms with Crippen molar-refractivity contribution in [2.75, 3.05) is 13.6 Å². The highest BCUT2D eigenvalue weighted by molar-refractivity contribution is 5.90. The highest BCUT2D eigenvalue weighted by Gasteiger charge is 2.72. The summed E-state index contributed by atoms with van der Waals surface area (Å²) in [6.07, 6.45) is -0.131. The first-order valence-electron chi connectivity index (χ1n) is 14.9. The van der Waals surface area contributed by atoms with Gasteiger partial charge in [0.1, 0.15) is 17.4 Å². The molecule has 6 atom stereocenters. The number of aliphatic hydroxyl groups is 2. The number of nitrogens with one attached hydrogen (secondary N) is 1. The normalized spacial score (nSPS) is 27.5. The summed E-state index contributed by atoms with van der Waals surface area (Å²) in [5.74, 6) is -2.18. The van der Waals surface area contributed by atoms with Gasteiger partial charge in [0.15, 0.2) is 23.7 Å². The van der Waals surface area contributed by atoms with Crippen molar-refractivity contribution in [3.05, 3.63) is 71.0 Å². The molecule has 11 nitrogen and oxygen atoms in total. The molecule has 45 heavy (non-hydrogen) atoms. The third-order valence-electron chi connectivity index (χ3n) is 9.33. The van der Waals surface area contributed by atoms with Gasteiger partial charge in [-0.25, -0.2) is 4.79 Å². The average Bonchev–Trinajstić information content (AvgIpc) is 3.33. The van der Waals surface area contributed by atoms with Gasteiger partial charge in [-0.1, -0.05) is 43.8 Å². The zero-order chi connectivity index (χ0) is 31.6. The molecule has 0 aromatic heterocycles. The maximum absolute atomic E-state index is 13.4. The van der Waals surface area contributed by atoms with Gasteiger partial charge in [-0.05, 0) is 70.5 Å². The van der Waals surface area contributed by atoms with E-state index in [9.17, 15) is 29.7 Å². The molecule has 2 heterocycles. The van der Waals surface area contributed by atoms with Crippen LogP contribution in [0.2, 0.25) is 0 Å². The van der Waals surface area contributed by atoms with Gasteiger partial charge in [0.25, 0.3) is 5.91 Å². The number of esters is 2. The monoisotopic (exact) mass is 622 g/mol. The highest BCUT2D eigenvalue weighted by Crippen LogP contribution is 2.65. The van der Waals surface area contributed by atoms with Gasteiger partial charge in [-0.15, -0.1) is 0 Å². The van der Waals surface area contributed by atoms with Crippen LogP contribution >= 0.6 is 0 Å². The molecule has 242 valence electrons. The average molecular weight is 623 g/mol. The van der Waals surface area contributed by atoms with Crippen LogP contribution in [0.5, 0.6) is 11.5 Å². The minimum absolute atomic E-state index is 0. The summed E-state index contributed by atoms with van der Waals surface area (Å²) >= 11 is 0. The van der Waals surface area contributed by atoms with Crippen LogP contribution in [0, 0.1) is 0 Å². The molecule has 2 aliphatic heterocycles. The molecule has 6 rings (SSSR count). The van der Waals surface area contributed by atoms with Crippen LogP contribution in [0.1, 0.15) is 70.3 Å². The highest BCUT2D eigenvalue weighted by atomic mass is 16.6. The van der Waals surface area contributed by atoms with Crippen LogP contribution in [0.15, 0.2) is 54.3 Å². The van der Waals surface area contributed by atoms with Crippen molar-refractivity contribution in [1.82, 2.24) is 10.2 Å². The zero-order valence-electron chi connectivity index (χ0n) is 25.2. The summed E-state index contributed by atoms with van der Waals surface area (Å²) in [4.78, 5) is 41.7. The number of nitrogens with zero attached hydrogens (tertiary/aromatic N) is 1. The molecule has 1 saturated heterocycles. The summed E-state index contributed by atoms with van der Waals surface area (Å²) in [6, 6.07) is 9.98. The number of carbonyl (C=O) groups excluding carboxylic acids is 3. The third-order valence-corrected chi connectivity index (χ3v) is 9.33.